The second-order valence-electron chi connectivity index (χ2n) is 9.53. The first kappa shape index (κ1) is 25.7. The molecule has 32 heavy (non-hydrogen) atoms. The van der Waals surface area contributed by atoms with Gasteiger partial charge in [-0.05, 0) is 83.2 Å². The van der Waals surface area contributed by atoms with Crippen molar-refractivity contribution in [3.63, 3.8) is 0 Å². The zero-order valence-corrected chi connectivity index (χ0v) is 21.0. The first-order valence-electron chi connectivity index (χ1n) is 11.2. The van der Waals surface area contributed by atoms with Crippen molar-refractivity contribution >= 4 is 29.4 Å². The molecule has 0 bridgehead atoms. The van der Waals surface area contributed by atoms with Crippen LogP contribution in [0.15, 0.2) is 29.1 Å². The number of nitrogens with one attached hydrogen (secondary N) is 1. The number of rotatable bonds is 9. The lowest BCUT2D eigenvalue weighted by Gasteiger charge is -2.52. The van der Waals surface area contributed by atoms with E-state index >= 15 is 8.78 Å². The van der Waals surface area contributed by atoms with E-state index in [9.17, 15) is 4.39 Å². The van der Waals surface area contributed by atoms with Crippen LogP contribution >= 0.6 is 23.5 Å². The van der Waals surface area contributed by atoms with E-state index < -0.39 is 29.2 Å². The average Bonchev–Trinajstić information content (AvgIpc) is 2.70. The molecule has 1 saturated carbocycles. The van der Waals surface area contributed by atoms with Crippen LogP contribution in [0.4, 0.5) is 19.0 Å². The van der Waals surface area contributed by atoms with Gasteiger partial charge in [0, 0.05) is 18.5 Å². The zero-order valence-electron chi connectivity index (χ0n) is 19.4. The Morgan fingerprint density at radius 3 is 2.53 bits per heavy atom. The number of anilines is 1. The highest BCUT2D eigenvalue weighted by Gasteiger charge is 2.46. The SMILES string of the molecule is CCN(CC1CCC1C(C)(C)N(C)C)C1CC(F)C(SNc2cccc(F)n2)C(F)=C1Cl. The molecule has 1 aromatic heterocycles. The van der Waals surface area contributed by atoms with Crippen LogP contribution in [0.2, 0.25) is 0 Å². The third kappa shape index (κ3) is 5.40. The van der Waals surface area contributed by atoms with Gasteiger partial charge in [0.25, 0.3) is 0 Å². The number of nitrogens with zero attached hydrogens (tertiary/aromatic N) is 3. The first-order valence-corrected chi connectivity index (χ1v) is 12.5. The lowest BCUT2D eigenvalue weighted by Crippen LogP contribution is -2.55. The third-order valence-electron chi connectivity index (χ3n) is 7.35. The second kappa shape index (κ2) is 10.5. The molecule has 1 aromatic rings. The summed E-state index contributed by atoms with van der Waals surface area (Å²) in [5, 5.41) is -1.01. The number of alkyl halides is 1. The topological polar surface area (TPSA) is 31.4 Å². The highest BCUT2D eigenvalue weighted by molar-refractivity contribution is 8.01. The molecule has 0 saturated heterocycles. The lowest BCUT2D eigenvalue weighted by atomic mass is 9.63. The summed E-state index contributed by atoms with van der Waals surface area (Å²) in [7, 11) is 4.20. The molecule has 0 aliphatic heterocycles. The van der Waals surface area contributed by atoms with Crippen molar-refractivity contribution in [2.75, 3.05) is 31.9 Å². The van der Waals surface area contributed by atoms with Crippen LogP contribution in [0.5, 0.6) is 0 Å². The van der Waals surface area contributed by atoms with Crippen LogP contribution in [0.25, 0.3) is 0 Å². The quantitative estimate of drug-likeness (QED) is 0.345. The monoisotopic (exact) mass is 490 g/mol. The number of pyridine rings is 1. The molecule has 4 nitrogen and oxygen atoms in total. The molecule has 180 valence electrons. The van der Waals surface area contributed by atoms with E-state index in [0.29, 0.717) is 18.4 Å². The number of hydrogen-bond acceptors (Lipinski definition) is 5. The van der Waals surface area contributed by atoms with E-state index in [0.717, 1.165) is 24.9 Å². The Labute approximate surface area is 199 Å². The smallest absolute Gasteiger partial charge is 0.214 e. The van der Waals surface area contributed by atoms with E-state index in [1.165, 1.54) is 18.6 Å². The molecule has 2 aliphatic rings. The largest absolute Gasteiger partial charge is 0.314 e. The Hall–Kier alpha value is -0.960. The number of likely N-dealkylation sites (N-methyl/N-ethyl adjacent to an activating group) is 1. The van der Waals surface area contributed by atoms with Gasteiger partial charge in [0.05, 0.1) is 11.1 Å². The standard InChI is InChI=1S/C23H34ClF3N4S/c1-6-31(13-14-10-11-15(14)23(2,3)30(4)5)17-12-16(25)22(21(27)20(17)24)32-29-19-9-7-8-18(26)28-19/h7-9,14-17,22H,6,10-13H2,1-5H3,(H,28,29). The summed E-state index contributed by atoms with van der Waals surface area (Å²) < 4.78 is 46.2. The van der Waals surface area contributed by atoms with Crippen LogP contribution in [0, 0.1) is 17.8 Å². The van der Waals surface area contributed by atoms with E-state index in [-0.39, 0.29) is 22.8 Å². The van der Waals surface area contributed by atoms with Crippen molar-refractivity contribution in [3.8, 4) is 0 Å². The highest BCUT2D eigenvalue weighted by Crippen LogP contribution is 2.46. The number of hydrogen-bond donors (Lipinski definition) is 1. The lowest BCUT2D eigenvalue weighted by molar-refractivity contribution is -0.0118. The number of aromatic nitrogens is 1. The van der Waals surface area contributed by atoms with Gasteiger partial charge in [-0.25, -0.2) is 13.8 Å². The maximum absolute atomic E-state index is 15.1. The molecule has 9 heteroatoms. The highest BCUT2D eigenvalue weighted by atomic mass is 35.5. The Bertz CT molecular complexity index is 822. The van der Waals surface area contributed by atoms with E-state index in [2.05, 4.69) is 47.4 Å². The predicted octanol–water partition coefficient (Wildman–Crippen LogP) is 5.87. The molecular formula is C23H34ClF3N4S. The van der Waals surface area contributed by atoms with Gasteiger partial charge in [0.15, 0.2) is 0 Å². The van der Waals surface area contributed by atoms with Gasteiger partial charge in [-0.1, -0.05) is 24.6 Å². The van der Waals surface area contributed by atoms with Crippen LogP contribution in [-0.2, 0) is 0 Å². The molecule has 1 N–H and O–H groups in total. The molecule has 5 unspecified atom stereocenters. The van der Waals surface area contributed by atoms with Gasteiger partial charge in [0.2, 0.25) is 5.95 Å². The summed E-state index contributed by atoms with van der Waals surface area (Å²) >= 11 is 7.31. The molecular weight excluding hydrogens is 457 g/mol. The van der Waals surface area contributed by atoms with Gasteiger partial charge in [-0.3, -0.25) is 4.90 Å². The Morgan fingerprint density at radius 1 is 1.25 bits per heavy atom. The van der Waals surface area contributed by atoms with Crippen molar-refractivity contribution in [3.05, 3.63) is 35.0 Å². The van der Waals surface area contributed by atoms with E-state index in [4.69, 9.17) is 11.6 Å². The van der Waals surface area contributed by atoms with Crippen LogP contribution in [0.3, 0.4) is 0 Å². The van der Waals surface area contributed by atoms with Gasteiger partial charge in [0.1, 0.15) is 23.1 Å². The van der Waals surface area contributed by atoms with Gasteiger partial charge in [-0.15, -0.1) is 0 Å². The Kier molecular flexibility index (Phi) is 8.45. The summed E-state index contributed by atoms with van der Waals surface area (Å²) in [6, 6.07) is 3.77. The minimum Gasteiger partial charge on any atom is -0.314 e. The maximum atomic E-state index is 15.1. The van der Waals surface area contributed by atoms with Gasteiger partial charge in [-0.2, -0.15) is 4.39 Å². The van der Waals surface area contributed by atoms with E-state index in [1.807, 2.05) is 6.92 Å². The van der Waals surface area contributed by atoms with Crippen molar-refractivity contribution < 1.29 is 13.2 Å². The molecule has 0 radical (unpaired) electrons. The number of halogens is 4. The summed E-state index contributed by atoms with van der Waals surface area (Å²) in [5.41, 5.74) is 0.0702. The molecule has 1 heterocycles. The molecule has 2 aliphatic carbocycles. The molecule has 3 rings (SSSR count). The minimum atomic E-state index is -1.42. The van der Waals surface area contributed by atoms with Crippen LogP contribution < -0.4 is 4.72 Å². The summed E-state index contributed by atoms with van der Waals surface area (Å²) in [4.78, 5) is 8.05. The zero-order chi connectivity index (χ0) is 23.6. The normalized spacial score (nSPS) is 28.9. The molecule has 0 spiro atoms. The fourth-order valence-corrected chi connectivity index (χ4v) is 6.01. The van der Waals surface area contributed by atoms with Crippen molar-refractivity contribution in [1.82, 2.24) is 14.8 Å². The molecule has 5 atom stereocenters. The second-order valence-corrected chi connectivity index (χ2v) is 10.9. The molecule has 1 fully saturated rings. The fourth-order valence-electron chi connectivity index (χ4n) is 4.75. The van der Waals surface area contributed by atoms with Crippen molar-refractivity contribution in [2.45, 2.75) is 63.0 Å². The maximum Gasteiger partial charge on any atom is 0.214 e. The van der Waals surface area contributed by atoms with Gasteiger partial charge < -0.3 is 9.62 Å². The summed E-state index contributed by atoms with van der Waals surface area (Å²) in [5.74, 6) is -0.0825. The third-order valence-corrected chi connectivity index (χ3v) is 8.86. The Balaban J connectivity index is 1.68. The fraction of sp³-hybridized carbons (Fsp3) is 0.696. The summed E-state index contributed by atoms with van der Waals surface area (Å²) in [6.07, 6.45) is 1.000. The van der Waals surface area contributed by atoms with Crippen molar-refractivity contribution in [1.29, 1.82) is 0 Å². The van der Waals surface area contributed by atoms with Crippen LogP contribution in [-0.4, -0.2) is 65.0 Å². The average molecular weight is 491 g/mol. The van der Waals surface area contributed by atoms with Gasteiger partial charge >= 0.3 is 0 Å². The first-order chi connectivity index (χ1) is 15.1. The minimum absolute atomic E-state index is 0.0702. The summed E-state index contributed by atoms with van der Waals surface area (Å²) in [6.45, 7) is 7.98. The van der Waals surface area contributed by atoms with Crippen molar-refractivity contribution in [2.24, 2.45) is 11.8 Å². The Morgan fingerprint density at radius 2 is 1.97 bits per heavy atom. The molecule has 0 amide bonds. The predicted molar refractivity (Wildman–Crippen MR) is 128 cm³/mol. The van der Waals surface area contributed by atoms with Crippen LogP contribution in [0.1, 0.15) is 40.0 Å². The molecule has 0 aromatic carbocycles. The van der Waals surface area contributed by atoms with E-state index in [1.54, 1.807) is 6.07 Å².